The molecule has 0 fully saturated rings. The zero-order valence-electron chi connectivity index (χ0n) is 12.6. The van der Waals surface area contributed by atoms with Crippen LogP contribution in [0.1, 0.15) is 20.3 Å². The summed E-state index contributed by atoms with van der Waals surface area (Å²) in [5.41, 5.74) is 6.07. The number of sulfonamides is 1. The van der Waals surface area contributed by atoms with Crippen molar-refractivity contribution in [1.82, 2.24) is 4.31 Å². The van der Waals surface area contributed by atoms with E-state index in [4.69, 9.17) is 5.73 Å². The van der Waals surface area contributed by atoms with Gasteiger partial charge in [0.1, 0.15) is 0 Å². The summed E-state index contributed by atoms with van der Waals surface area (Å²) >= 11 is 0. The van der Waals surface area contributed by atoms with E-state index in [1.807, 2.05) is 13.8 Å². The normalized spacial score (nSPS) is 11.9. The van der Waals surface area contributed by atoms with Crippen molar-refractivity contribution in [3.63, 3.8) is 0 Å². The maximum Gasteiger partial charge on any atom is 0.306 e. The van der Waals surface area contributed by atoms with E-state index in [9.17, 15) is 13.2 Å². The van der Waals surface area contributed by atoms with E-state index in [1.54, 1.807) is 12.1 Å². The second-order valence-electron chi connectivity index (χ2n) is 5.15. The molecule has 0 heterocycles. The Labute approximate surface area is 125 Å². The molecule has 7 heteroatoms. The smallest absolute Gasteiger partial charge is 0.306 e. The predicted molar refractivity (Wildman–Crippen MR) is 81.1 cm³/mol. The average molecular weight is 314 g/mol. The van der Waals surface area contributed by atoms with Crippen LogP contribution in [-0.4, -0.2) is 38.9 Å². The zero-order chi connectivity index (χ0) is 16.0. The summed E-state index contributed by atoms with van der Waals surface area (Å²) in [6.45, 7) is 4.27. The number of methoxy groups -OCH3 is 1. The molecule has 1 rings (SSSR count). The second kappa shape index (κ2) is 7.42. The molecule has 0 saturated heterocycles. The van der Waals surface area contributed by atoms with Gasteiger partial charge in [-0.25, -0.2) is 8.42 Å². The van der Waals surface area contributed by atoms with Crippen molar-refractivity contribution in [1.29, 1.82) is 0 Å². The quantitative estimate of drug-likeness (QED) is 0.608. The van der Waals surface area contributed by atoms with Crippen molar-refractivity contribution < 1.29 is 17.9 Å². The highest BCUT2D eigenvalue weighted by Crippen LogP contribution is 2.19. The van der Waals surface area contributed by atoms with Crippen LogP contribution in [0, 0.1) is 5.92 Å². The van der Waals surface area contributed by atoms with Crippen molar-refractivity contribution >= 4 is 21.7 Å². The molecule has 0 aliphatic carbocycles. The molecule has 0 aliphatic rings. The lowest BCUT2D eigenvalue weighted by molar-refractivity contribution is -0.140. The minimum absolute atomic E-state index is 0.0252. The monoisotopic (exact) mass is 314 g/mol. The van der Waals surface area contributed by atoms with E-state index in [2.05, 4.69) is 4.74 Å². The molecule has 0 saturated carbocycles. The van der Waals surface area contributed by atoms with Crippen LogP contribution in [0.2, 0.25) is 0 Å². The molecular formula is C14H22N2O4S. The van der Waals surface area contributed by atoms with Gasteiger partial charge in [-0.3, -0.25) is 4.79 Å². The van der Waals surface area contributed by atoms with E-state index in [-0.39, 0.29) is 23.8 Å². The summed E-state index contributed by atoms with van der Waals surface area (Å²) in [5, 5.41) is 0. The van der Waals surface area contributed by atoms with Crippen LogP contribution in [0.4, 0.5) is 5.69 Å². The van der Waals surface area contributed by atoms with Gasteiger partial charge in [0.2, 0.25) is 10.0 Å². The molecule has 0 radical (unpaired) electrons. The molecule has 118 valence electrons. The van der Waals surface area contributed by atoms with Crippen LogP contribution in [-0.2, 0) is 19.6 Å². The lowest BCUT2D eigenvalue weighted by Gasteiger charge is -2.23. The molecule has 0 unspecified atom stereocenters. The van der Waals surface area contributed by atoms with Crippen LogP contribution in [0.25, 0.3) is 0 Å². The summed E-state index contributed by atoms with van der Waals surface area (Å²) in [6, 6.07) is 6.02. The summed E-state index contributed by atoms with van der Waals surface area (Å²) < 4.78 is 31.1. The van der Waals surface area contributed by atoms with Gasteiger partial charge in [0.25, 0.3) is 0 Å². The molecule has 1 aromatic carbocycles. The fourth-order valence-corrected chi connectivity index (χ4v) is 3.43. The van der Waals surface area contributed by atoms with Crippen LogP contribution >= 0.6 is 0 Å². The number of anilines is 1. The maximum atomic E-state index is 12.6. The number of ether oxygens (including phenoxy) is 1. The first-order valence-corrected chi connectivity index (χ1v) is 8.14. The fourth-order valence-electron chi connectivity index (χ4n) is 1.82. The number of hydrogen-bond donors (Lipinski definition) is 1. The zero-order valence-corrected chi connectivity index (χ0v) is 13.4. The molecule has 0 aliphatic heterocycles. The molecule has 0 spiro atoms. The number of carbonyl (C=O) groups is 1. The summed E-state index contributed by atoms with van der Waals surface area (Å²) in [4.78, 5) is 11.4. The molecule has 6 nitrogen and oxygen atoms in total. The van der Waals surface area contributed by atoms with Gasteiger partial charge >= 0.3 is 5.97 Å². The average Bonchev–Trinajstić information content (AvgIpc) is 2.43. The molecular weight excluding hydrogens is 292 g/mol. The molecule has 21 heavy (non-hydrogen) atoms. The standard InChI is InChI=1S/C14H22N2O4S/c1-11(2)10-16(9-8-14(17)20-3)21(18,19)13-6-4-12(15)5-7-13/h4-7,11H,8-10,15H2,1-3H3. The van der Waals surface area contributed by atoms with Crippen LogP contribution in [0.5, 0.6) is 0 Å². The number of nitrogen functional groups attached to an aromatic ring is 1. The number of rotatable bonds is 7. The highest BCUT2D eigenvalue weighted by Gasteiger charge is 2.25. The summed E-state index contributed by atoms with van der Waals surface area (Å²) in [5.74, 6) is -0.289. The lowest BCUT2D eigenvalue weighted by Crippen LogP contribution is -2.36. The third-order valence-corrected chi connectivity index (χ3v) is 4.76. The highest BCUT2D eigenvalue weighted by molar-refractivity contribution is 7.89. The van der Waals surface area contributed by atoms with E-state index in [0.29, 0.717) is 12.2 Å². The van der Waals surface area contributed by atoms with E-state index in [1.165, 1.54) is 23.5 Å². The van der Waals surface area contributed by atoms with Gasteiger partial charge in [-0.05, 0) is 30.2 Å². The molecule has 0 amide bonds. The van der Waals surface area contributed by atoms with Crippen molar-refractivity contribution in [3.05, 3.63) is 24.3 Å². The minimum Gasteiger partial charge on any atom is -0.469 e. The number of nitrogens with two attached hydrogens (primary N) is 1. The Morgan fingerprint density at radius 3 is 2.33 bits per heavy atom. The van der Waals surface area contributed by atoms with Gasteiger partial charge in [-0.2, -0.15) is 4.31 Å². The number of hydrogen-bond acceptors (Lipinski definition) is 5. The SMILES string of the molecule is COC(=O)CCN(CC(C)C)S(=O)(=O)c1ccc(N)cc1. The van der Waals surface area contributed by atoms with Crippen LogP contribution in [0.15, 0.2) is 29.2 Å². The van der Waals surface area contributed by atoms with Crippen molar-refractivity contribution in [3.8, 4) is 0 Å². The number of carbonyl (C=O) groups excluding carboxylic acids is 1. The Balaban J connectivity index is 2.99. The van der Waals surface area contributed by atoms with Crippen molar-refractivity contribution in [2.24, 2.45) is 5.92 Å². The molecule has 1 aromatic rings. The van der Waals surface area contributed by atoms with Gasteiger partial charge in [0.15, 0.2) is 0 Å². The lowest BCUT2D eigenvalue weighted by atomic mass is 10.2. The molecule has 0 bridgehead atoms. The van der Waals surface area contributed by atoms with E-state index >= 15 is 0 Å². The number of nitrogens with zero attached hydrogens (tertiary/aromatic N) is 1. The third-order valence-electron chi connectivity index (χ3n) is 2.88. The van der Waals surface area contributed by atoms with Crippen molar-refractivity contribution in [2.45, 2.75) is 25.2 Å². The topological polar surface area (TPSA) is 89.7 Å². The largest absolute Gasteiger partial charge is 0.469 e. The molecule has 2 N–H and O–H groups in total. The van der Waals surface area contributed by atoms with Gasteiger partial charge in [-0.15, -0.1) is 0 Å². The Morgan fingerprint density at radius 1 is 1.29 bits per heavy atom. The second-order valence-corrected chi connectivity index (χ2v) is 7.09. The molecule has 0 aromatic heterocycles. The van der Waals surface area contributed by atoms with E-state index in [0.717, 1.165) is 0 Å². The fraction of sp³-hybridized carbons (Fsp3) is 0.500. The maximum absolute atomic E-state index is 12.6. The first-order chi connectivity index (χ1) is 9.77. The Hall–Kier alpha value is -1.60. The Kier molecular flexibility index (Phi) is 6.17. The van der Waals surface area contributed by atoms with Crippen LogP contribution in [0.3, 0.4) is 0 Å². The number of esters is 1. The highest BCUT2D eigenvalue weighted by atomic mass is 32.2. The van der Waals surface area contributed by atoms with Crippen molar-refractivity contribution in [2.75, 3.05) is 25.9 Å². The Bertz CT molecular complexity index is 567. The van der Waals surface area contributed by atoms with Gasteiger partial charge in [0.05, 0.1) is 18.4 Å². The van der Waals surface area contributed by atoms with E-state index < -0.39 is 16.0 Å². The third kappa shape index (κ3) is 5.02. The van der Waals surface area contributed by atoms with Gasteiger partial charge < -0.3 is 10.5 Å². The minimum atomic E-state index is -3.65. The first kappa shape index (κ1) is 17.5. The van der Waals surface area contributed by atoms with Gasteiger partial charge in [-0.1, -0.05) is 13.8 Å². The Morgan fingerprint density at radius 2 is 1.86 bits per heavy atom. The van der Waals surface area contributed by atoms with Gasteiger partial charge in [0, 0.05) is 18.8 Å². The molecule has 0 atom stereocenters. The predicted octanol–water partition coefficient (Wildman–Crippen LogP) is 1.48. The number of benzene rings is 1. The summed E-state index contributed by atoms with van der Waals surface area (Å²) in [7, 11) is -2.37. The first-order valence-electron chi connectivity index (χ1n) is 6.70. The summed E-state index contributed by atoms with van der Waals surface area (Å²) in [6.07, 6.45) is 0.0252. The van der Waals surface area contributed by atoms with Crippen LogP contribution < -0.4 is 5.73 Å².